The number of para-hydroxylation sites is 2. The van der Waals surface area contributed by atoms with Gasteiger partial charge in [0.05, 0.1) is 44.4 Å². The lowest BCUT2D eigenvalue weighted by Crippen LogP contribution is -2.67. The molecule has 3 fully saturated rings. The topological polar surface area (TPSA) is 38.8 Å². The van der Waals surface area contributed by atoms with E-state index in [1.54, 1.807) is 0 Å². The van der Waals surface area contributed by atoms with Crippen molar-refractivity contribution in [2.45, 2.75) is 31.7 Å². The predicted molar refractivity (Wildman–Crippen MR) is 166 cm³/mol. The summed E-state index contributed by atoms with van der Waals surface area (Å²) in [5.74, 6) is 3.15. The zero-order valence-electron chi connectivity index (χ0n) is 24.4. The predicted octanol–water partition coefficient (Wildman–Crippen LogP) is 7.20. The van der Waals surface area contributed by atoms with E-state index in [-0.39, 0.29) is 11.9 Å². The van der Waals surface area contributed by atoms with E-state index in [1.807, 2.05) is 48.3 Å². The summed E-state index contributed by atoms with van der Waals surface area (Å²) in [6, 6.07) is 33.2. The van der Waals surface area contributed by atoms with Crippen LogP contribution in [0.2, 0.25) is 0 Å². The Kier molecular flexibility index (Phi) is 7.20. The molecule has 4 aromatic carbocycles. The fraction of sp³-hybridized carbons (Fsp3) is 0.324. The maximum absolute atomic E-state index is 14.0. The number of hydrogen-bond donors (Lipinski definition) is 0. The van der Waals surface area contributed by atoms with E-state index in [1.165, 1.54) is 42.6 Å². The fourth-order valence-electron chi connectivity index (χ4n) is 7.38. The highest BCUT2D eigenvalue weighted by molar-refractivity contribution is 5.97. The third-order valence-corrected chi connectivity index (χ3v) is 9.78. The van der Waals surface area contributed by atoms with Crippen molar-refractivity contribution in [3.05, 3.63) is 114 Å². The molecule has 0 saturated carbocycles. The third-order valence-electron chi connectivity index (χ3n) is 9.78. The number of amides is 1. The first kappa shape index (κ1) is 26.8. The number of carbonyl (C=O) groups excluding carboxylic acids is 1. The van der Waals surface area contributed by atoms with Crippen LogP contribution < -0.4 is 9.47 Å². The lowest BCUT2D eigenvalue weighted by atomic mass is 9.80. The minimum atomic E-state index is 0.0745. The maximum atomic E-state index is 14.0. The SMILES string of the molecule is CN(C(=O)c1cccc2c1Oc1ccccc1C2)[C@H]1C[N+]2(CCCOc3ccc(-c4ccccc4)cc3)CCC1CC2. The van der Waals surface area contributed by atoms with Crippen LogP contribution in [0.4, 0.5) is 0 Å². The van der Waals surface area contributed by atoms with E-state index in [0.717, 1.165) is 53.2 Å². The Morgan fingerprint density at radius 2 is 1.57 bits per heavy atom. The van der Waals surface area contributed by atoms with Crippen LogP contribution in [0, 0.1) is 5.92 Å². The number of piperidine rings is 3. The van der Waals surface area contributed by atoms with Crippen LogP contribution in [-0.2, 0) is 6.42 Å². The summed E-state index contributed by atoms with van der Waals surface area (Å²) in [6.45, 7) is 5.24. The maximum Gasteiger partial charge on any atom is 0.257 e. The molecule has 2 bridgehead atoms. The van der Waals surface area contributed by atoms with E-state index >= 15 is 0 Å². The lowest BCUT2D eigenvalue weighted by molar-refractivity contribution is -0.945. The monoisotopic (exact) mass is 559 g/mol. The molecule has 0 unspecified atom stereocenters. The van der Waals surface area contributed by atoms with Gasteiger partial charge in [-0.15, -0.1) is 0 Å². The van der Waals surface area contributed by atoms with Crippen LogP contribution in [0.3, 0.4) is 0 Å². The van der Waals surface area contributed by atoms with E-state index in [4.69, 9.17) is 9.47 Å². The first-order valence-corrected chi connectivity index (χ1v) is 15.4. The van der Waals surface area contributed by atoms with Crippen molar-refractivity contribution in [3.63, 3.8) is 0 Å². The summed E-state index contributed by atoms with van der Waals surface area (Å²) in [6.07, 6.45) is 4.16. The highest BCUT2D eigenvalue weighted by Crippen LogP contribution is 2.41. The Morgan fingerprint density at radius 3 is 2.38 bits per heavy atom. The molecule has 5 nitrogen and oxygen atoms in total. The fourth-order valence-corrected chi connectivity index (χ4v) is 7.38. The minimum Gasteiger partial charge on any atom is -0.493 e. The standard InChI is InChI=1S/C37H39N2O3/c1-38(37(40)33-13-7-12-31-25-30-11-5-6-14-35(30)42-36(31)33)34-26-39(22-19-29(34)20-23-39)21-8-24-41-32-17-15-28(16-18-32)27-9-3-2-4-10-27/h2-7,9-18,29,34H,8,19-26H2,1H3/q+1/t29?,34-,39?/m0/s1. The molecule has 0 aliphatic carbocycles. The third kappa shape index (κ3) is 5.18. The minimum absolute atomic E-state index is 0.0745. The number of quaternary nitrogens is 1. The average Bonchev–Trinajstić information content (AvgIpc) is 3.06. The normalized spacial score (nSPS) is 22.0. The van der Waals surface area contributed by atoms with Crippen molar-refractivity contribution in [3.8, 4) is 28.4 Å². The molecule has 4 aromatic rings. The van der Waals surface area contributed by atoms with Gasteiger partial charge in [-0.25, -0.2) is 0 Å². The molecule has 0 aromatic heterocycles. The van der Waals surface area contributed by atoms with E-state index in [2.05, 4.69) is 60.7 Å². The van der Waals surface area contributed by atoms with Crippen molar-refractivity contribution in [2.24, 2.45) is 5.92 Å². The number of nitrogens with zero attached hydrogens (tertiary/aromatic N) is 2. The molecule has 4 aliphatic heterocycles. The van der Waals surface area contributed by atoms with Gasteiger partial charge < -0.3 is 18.9 Å². The van der Waals surface area contributed by atoms with Gasteiger partial charge in [0.15, 0.2) is 0 Å². The summed E-state index contributed by atoms with van der Waals surface area (Å²) in [4.78, 5) is 16.0. The number of likely N-dealkylation sites (N-methyl/N-ethyl adjacent to an activating group) is 1. The molecule has 214 valence electrons. The van der Waals surface area contributed by atoms with E-state index in [9.17, 15) is 4.79 Å². The summed E-state index contributed by atoms with van der Waals surface area (Å²) < 4.78 is 13.6. The molecule has 0 spiro atoms. The van der Waals surface area contributed by atoms with Crippen LogP contribution in [-0.4, -0.2) is 61.2 Å². The number of hydrogen-bond acceptors (Lipinski definition) is 3. The van der Waals surface area contributed by atoms with Gasteiger partial charge in [-0.3, -0.25) is 4.79 Å². The van der Waals surface area contributed by atoms with Crippen molar-refractivity contribution >= 4 is 5.91 Å². The van der Waals surface area contributed by atoms with Gasteiger partial charge in [-0.05, 0) is 46.9 Å². The molecular formula is C37H39N2O3+. The Bertz CT molecular complexity index is 1560. The Hall–Kier alpha value is -4.09. The van der Waals surface area contributed by atoms with Gasteiger partial charge in [0, 0.05) is 38.3 Å². The second kappa shape index (κ2) is 11.3. The van der Waals surface area contributed by atoms with Crippen LogP contribution >= 0.6 is 0 Å². The second-order valence-corrected chi connectivity index (χ2v) is 12.3. The van der Waals surface area contributed by atoms with Gasteiger partial charge in [0.2, 0.25) is 0 Å². The number of ether oxygens (including phenoxy) is 2. The zero-order chi connectivity index (χ0) is 28.5. The summed E-state index contributed by atoms with van der Waals surface area (Å²) in [5.41, 5.74) is 5.35. The Balaban J connectivity index is 0.976. The van der Waals surface area contributed by atoms with Crippen molar-refractivity contribution in [1.82, 2.24) is 4.90 Å². The quantitative estimate of drug-likeness (QED) is 0.149. The molecular weight excluding hydrogens is 520 g/mol. The molecule has 8 rings (SSSR count). The second-order valence-electron chi connectivity index (χ2n) is 12.3. The molecule has 1 amide bonds. The molecule has 3 saturated heterocycles. The van der Waals surface area contributed by atoms with Crippen molar-refractivity contribution in [2.75, 3.05) is 39.8 Å². The highest BCUT2D eigenvalue weighted by Gasteiger charge is 2.48. The van der Waals surface area contributed by atoms with Crippen LogP contribution in [0.15, 0.2) is 97.1 Å². The first-order valence-electron chi connectivity index (χ1n) is 15.4. The molecule has 5 heteroatoms. The van der Waals surface area contributed by atoms with Gasteiger partial charge in [-0.1, -0.05) is 72.8 Å². The largest absolute Gasteiger partial charge is 0.493 e. The van der Waals surface area contributed by atoms with Gasteiger partial charge in [-0.2, -0.15) is 0 Å². The number of fused-ring (bicyclic) bond motifs is 5. The number of carbonyl (C=O) groups is 1. The first-order chi connectivity index (χ1) is 20.6. The van der Waals surface area contributed by atoms with E-state index < -0.39 is 0 Å². The summed E-state index contributed by atoms with van der Waals surface area (Å²) >= 11 is 0. The van der Waals surface area contributed by atoms with Gasteiger partial charge in [0.1, 0.15) is 17.2 Å². The number of benzene rings is 4. The molecule has 1 atom stereocenters. The lowest BCUT2D eigenvalue weighted by Gasteiger charge is -2.54. The smallest absolute Gasteiger partial charge is 0.257 e. The van der Waals surface area contributed by atoms with Crippen LogP contribution in [0.25, 0.3) is 11.1 Å². The molecule has 0 N–H and O–H groups in total. The number of rotatable bonds is 8. The highest BCUT2D eigenvalue weighted by atomic mass is 16.5. The Morgan fingerprint density at radius 1 is 0.857 bits per heavy atom. The zero-order valence-corrected chi connectivity index (χ0v) is 24.4. The van der Waals surface area contributed by atoms with Crippen molar-refractivity contribution < 1.29 is 18.8 Å². The van der Waals surface area contributed by atoms with Gasteiger partial charge >= 0.3 is 0 Å². The van der Waals surface area contributed by atoms with Gasteiger partial charge in [0.25, 0.3) is 5.91 Å². The molecule has 4 heterocycles. The molecule has 42 heavy (non-hydrogen) atoms. The average molecular weight is 560 g/mol. The van der Waals surface area contributed by atoms with Crippen LogP contribution in [0.1, 0.15) is 40.7 Å². The van der Waals surface area contributed by atoms with Crippen molar-refractivity contribution in [1.29, 1.82) is 0 Å². The summed E-state index contributed by atoms with van der Waals surface area (Å²) in [5, 5.41) is 0. The summed E-state index contributed by atoms with van der Waals surface area (Å²) in [7, 11) is 2.00. The van der Waals surface area contributed by atoms with Crippen LogP contribution in [0.5, 0.6) is 17.2 Å². The van der Waals surface area contributed by atoms with E-state index in [0.29, 0.717) is 18.1 Å². The molecule has 0 radical (unpaired) electrons. The Labute approximate surface area is 248 Å². The molecule has 4 aliphatic rings.